The Kier molecular flexibility index (Phi) is 4.89. The Labute approximate surface area is 163 Å². The SMILES string of the molecule is O=C(Cn1c(=O)[nH]c2ncc(-c3cccc(C(F)(F)F)c3)cc21)NC1CCCC1. The van der Waals surface area contributed by atoms with Gasteiger partial charge < -0.3 is 5.32 Å². The van der Waals surface area contributed by atoms with Crippen molar-refractivity contribution >= 4 is 17.1 Å². The number of rotatable bonds is 4. The molecule has 1 aliphatic carbocycles. The summed E-state index contributed by atoms with van der Waals surface area (Å²) in [6, 6.07) is 6.59. The van der Waals surface area contributed by atoms with Gasteiger partial charge in [0.1, 0.15) is 6.54 Å². The van der Waals surface area contributed by atoms with Crippen molar-refractivity contribution in [1.82, 2.24) is 19.9 Å². The van der Waals surface area contributed by atoms with Crippen LogP contribution in [0, 0.1) is 0 Å². The highest BCUT2D eigenvalue weighted by Gasteiger charge is 2.30. The van der Waals surface area contributed by atoms with Gasteiger partial charge in [0.25, 0.3) is 0 Å². The number of hydrogen-bond donors (Lipinski definition) is 2. The fourth-order valence-electron chi connectivity index (χ4n) is 3.71. The van der Waals surface area contributed by atoms with E-state index in [-0.39, 0.29) is 24.1 Å². The van der Waals surface area contributed by atoms with Crippen LogP contribution in [0.15, 0.2) is 41.3 Å². The number of aromatic nitrogens is 3. The average Bonchev–Trinajstić information content (AvgIpc) is 3.29. The molecule has 1 saturated carbocycles. The van der Waals surface area contributed by atoms with E-state index in [1.807, 2.05) is 0 Å². The fraction of sp³-hybridized carbons (Fsp3) is 0.350. The van der Waals surface area contributed by atoms with E-state index in [1.54, 1.807) is 12.1 Å². The monoisotopic (exact) mass is 404 g/mol. The highest BCUT2D eigenvalue weighted by atomic mass is 19.4. The van der Waals surface area contributed by atoms with Gasteiger partial charge in [0.05, 0.1) is 11.1 Å². The second-order valence-corrected chi connectivity index (χ2v) is 7.24. The number of hydrogen-bond acceptors (Lipinski definition) is 3. The van der Waals surface area contributed by atoms with Crippen molar-refractivity contribution in [2.75, 3.05) is 0 Å². The first-order valence-corrected chi connectivity index (χ1v) is 9.37. The topological polar surface area (TPSA) is 79.8 Å². The number of nitrogens with one attached hydrogen (secondary N) is 2. The molecule has 4 rings (SSSR count). The van der Waals surface area contributed by atoms with Gasteiger partial charge in [-0.2, -0.15) is 13.2 Å². The van der Waals surface area contributed by atoms with Crippen molar-refractivity contribution in [3.8, 4) is 11.1 Å². The molecule has 6 nitrogen and oxygen atoms in total. The summed E-state index contributed by atoms with van der Waals surface area (Å²) in [5.41, 5.74) is 0.135. The van der Waals surface area contributed by atoms with Gasteiger partial charge in [-0.05, 0) is 36.6 Å². The Balaban J connectivity index is 1.66. The van der Waals surface area contributed by atoms with E-state index in [1.165, 1.54) is 16.8 Å². The number of pyridine rings is 1. The molecule has 2 N–H and O–H groups in total. The van der Waals surface area contributed by atoms with E-state index >= 15 is 0 Å². The molecule has 1 fully saturated rings. The molecule has 152 valence electrons. The maximum Gasteiger partial charge on any atom is 0.416 e. The zero-order chi connectivity index (χ0) is 20.6. The smallest absolute Gasteiger partial charge is 0.352 e. The number of alkyl halides is 3. The van der Waals surface area contributed by atoms with Crippen LogP contribution < -0.4 is 11.0 Å². The average molecular weight is 404 g/mol. The van der Waals surface area contributed by atoms with Crippen LogP contribution in [0.3, 0.4) is 0 Å². The van der Waals surface area contributed by atoms with Crippen LogP contribution in [0.1, 0.15) is 31.2 Å². The van der Waals surface area contributed by atoms with Gasteiger partial charge >= 0.3 is 11.9 Å². The molecule has 0 aliphatic heterocycles. The number of carbonyl (C=O) groups is 1. The molecule has 0 atom stereocenters. The van der Waals surface area contributed by atoms with Gasteiger partial charge in [-0.15, -0.1) is 0 Å². The predicted molar refractivity (Wildman–Crippen MR) is 101 cm³/mol. The van der Waals surface area contributed by atoms with Crippen LogP contribution >= 0.6 is 0 Å². The first-order valence-electron chi connectivity index (χ1n) is 9.37. The minimum atomic E-state index is -4.46. The molecule has 0 unspecified atom stereocenters. The zero-order valence-corrected chi connectivity index (χ0v) is 15.4. The van der Waals surface area contributed by atoms with Crippen molar-refractivity contribution < 1.29 is 18.0 Å². The first kappa shape index (κ1) is 19.2. The summed E-state index contributed by atoms with van der Waals surface area (Å²) in [5, 5.41) is 2.92. The van der Waals surface area contributed by atoms with Crippen LogP contribution in [0.5, 0.6) is 0 Å². The van der Waals surface area contributed by atoms with Crippen LogP contribution in [-0.2, 0) is 17.5 Å². The van der Waals surface area contributed by atoms with Crippen LogP contribution in [0.25, 0.3) is 22.3 Å². The number of aromatic amines is 1. The highest BCUT2D eigenvalue weighted by Crippen LogP contribution is 2.32. The molecule has 0 radical (unpaired) electrons. The Morgan fingerprint density at radius 3 is 2.69 bits per heavy atom. The first-order chi connectivity index (χ1) is 13.8. The van der Waals surface area contributed by atoms with Gasteiger partial charge in [-0.25, -0.2) is 9.78 Å². The van der Waals surface area contributed by atoms with Crippen molar-refractivity contribution in [3.05, 3.63) is 52.6 Å². The van der Waals surface area contributed by atoms with Gasteiger partial charge in [-0.1, -0.05) is 25.0 Å². The van der Waals surface area contributed by atoms with E-state index < -0.39 is 17.4 Å². The normalized spacial score (nSPS) is 15.1. The number of fused-ring (bicyclic) bond motifs is 1. The Bertz CT molecular complexity index is 1110. The van der Waals surface area contributed by atoms with Crippen LogP contribution in [0.4, 0.5) is 13.2 Å². The second kappa shape index (κ2) is 7.38. The zero-order valence-electron chi connectivity index (χ0n) is 15.4. The summed E-state index contributed by atoms with van der Waals surface area (Å²) in [6.45, 7) is -0.178. The molecule has 9 heteroatoms. The number of H-pyrrole nitrogens is 1. The van der Waals surface area contributed by atoms with E-state index in [0.717, 1.165) is 37.8 Å². The van der Waals surface area contributed by atoms with E-state index in [4.69, 9.17) is 0 Å². The molecule has 3 aromatic rings. The largest absolute Gasteiger partial charge is 0.416 e. The van der Waals surface area contributed by atoms with E-state index in [9.17, 15) is 22.8 Å². The maximum atomic E-state index is 13.0. The number of nitrogens with zero attached hydrogens (tertiary/aromatic N) is 2. The van der Waals surface area contributed by atoms with Crippen molar-refractivity contribution in [3.63, 3.8) is 0 Å². The molecule has 1 amide bonds. The predicted octanol–water partition coefficient (Wildman–Crippen LogP) is 3.47. The quantitative estimate of drug-likeness (QED) is 0.699. The minimum absolute atomic E-state index is 0.127. The summed E-state index contributed by atoms with van der Waals surface area (Å²) in [4.78, 5) is 31.4. The molecule has 2 heterocycles. The summed E-state index contributed by atoms with van der Waals surface area (Å²) < 4.78 is 40.3. The Hall–Kier alpha value is -3.10. The van der Waals surface area contributed by atoms with Crippen molar-refractivity contribution in [2.24, 2.45) is 0 Å². The summed E-state index contributed by atoms with van der Waals surface area (Å²) in [6.07, 6.45) is 0.939. The maximum absolute atomic E-state index is 13.0. The highest BCUT2D eigenvalue weighted by molar-refractivity contribution is 5.82. The Morgan fingerprint density at radius 2 is 1.97 bits per heavy atom. The molecule has 0 saturated heterocycles. The molecular weight excluding hydrogens is 385 g/mol. The molecule has 29 heavy (non-hydrogen) atoms. The molecule has 2 aromatic heterocycles. The number of carbonyl (C=O) groups excluding carboxylic acids is 1. The lowest BCUT2D eigenvalue weighted by molar-refractivity contribution is -0.137. The third-order valence-corrected chi connectivity index (χ3v) is 5.17. The lowest BCUT2D eigenvalue weighted by atomic mass is 10.0. The summed E-state index contributed by atoms with van der Waals surface area (Å²) >= 11 is 0. The van der Waals surface area contributed by atoms with Crippen molar-refractivity contribution in [2.45, 2.75) is 44.4 Å². The standard InChI is InChI=1S/C20H19F3N4O2/c21-20(22,23)14-5-3-4-12(8-14)13-9-16-18(24-10-13)26-19(29)27(16)11-17(28)25-15-6-1-2-7-15/h3-5,8-10,15H,1-2,6-7,11H2,(H,25,28)(H,24,26,29). The fourth-order valence-corrected chi connectivity index (χ4v) is 3.71. The lowest BCUT2D eigenvalue weighted by Gasteiger charge is -2.12. The molecule has 1 aliphatic rings. The Morgan fingerprint density at radius 1 is 1.21 bits per heavy atom. The molecule has 0 bridgehead atoms. The summed E-state index contributed by atoms with van der Waals surface area (Å²) in [5.74, 6) is -0.274. The van der Waals surface area contributed by atoms with Crippen LogP contribution in [-0.4, -0.2) is 26.5 Å². The van der Waals surface area contributed by atoms with Gasteiger partial charge in [0.15, 0.2) is 5.65 Å². The summed E-state index contributed by atoms with van der Waals surface area (Å²) in [7, 11) is 0. The number of benzene rings is 1. The van der Waals surface area contributed by atoms with Crippen molar-refractivity contribution in [1.29, 1.82) is 0 Å². The number of imidazole rings is 1. The minimum Gasteiger partial charge on any atom is -0.352 e. The third kappa shape index (κ3) is 4.03. The lowest BCUT2D eigenvalue weighted by Crippen LogP contribution is -2.37. The number of amides is 1. The van der Waals surface area contributed by atoms with Gasteiger partial charge in [-0.3, -0.25) is 14.3 Å². The molecule has 1 aromatic carbocycles. The van der Waals surface area contributed by atoms with E-state index in [0.29, 0.717) is 16.6 Å². The van der Waals surface area contributed by atoms with Gasteiger partial charge in [0, 0.05) is 17.8 Å². The number of halogens is 3. The van der Waals surface area contributed by atoms with Crippen LogP contribution in [0.2, 0.25) is 0 Å². The van der Waals surface area contributed by atoms with Gasteiger partial charge in [0.2, 0.25) is 5.91 Å². The molecular formula is C20H19F3N4O2. The molecule has 0 spiro atoms. The van der Waals surface area contributed by atoms with E-state index in [2.05, 4.69) is 15.3 Å². The third-order valence-electron chi connectivity index (χ3n) is 5.17. The second-order valence-electron chi connectivity index (χ2n) is 7.24.